The van der Waals surface area contributed by atoms with Gasteiger partial charge in [0.2, 0.25) is 5.91 Å². The molecule has 1 aliphatic heterocycles. The quantitative estimate of drug-likeness (QED) is 0.788. The fraction of sp³-hybridized carbons (Fsp3) is 0.458. The molecule has 28 heavy (non-hydrogen) atoms. The number of methoxy groups -OCH3 is 1. The molecule has 1 N–H and O–H groups in total. The van der Waals surface area contributed by atoms with Crippen molar-refractivity contribution in [2.75, 3.05) is 32.1 Å². The van der Waals surface area contributed by atoms with Gasteiger partial charge in [0.05, 0.1) is 7.11 Å². The van der Waals surface area contributed by atoms with E-state index in [1.54, 1.807) is 7.11 Å². The van der Waals surface area contributed by atoms with Crippen LogP contribution in [0.3, 0.4) is 0 Å². The lowest BCUT2D eigenvalue weighted by molar-refractivity contribution is -0.121. The van der Waals surface area contributed by atoms with Crippen LogP contribution in [0.5, 0.6) is 5.75 Å². The molecule has 3 rings (SSSR count). The molecule has 0 bridgehead atoms. The van der Waals surface area contributed by atoms with E-state index >= 15 is 0 Å². The number of nitrogens with zero attached hydrogens (tertiary/aromatic N) is 1. The van der Waals surface area contributed by atoms with Gasteiger partial charge < -0.3 is 15.0 Å². The van der Waals surface area contributed by atoms with Gasteiger partial charge in [-0.2, -0.15) is 0 Å². The van der Waals surface area contributed by atoms with Crippen molar-refractivity contribution in [2.24, 2.45) is 11.3 Å². The molecule has 0 unspecified atom stereocenters. The summed E-state index contributed by atoms with van der Waals surface area (Å²) in [7, 11) is 1.67. The number of hydrogen-bond acceptors (Lipinski definition) is 3. The number of para-hydroxylation sites is 1. The van der Waals surface area contributed by atoms with Gasteiger partial charge in [0.25, 0.3) is 0 Å². The highest BCUT2D eigenvalue weighted by atomic mass is 16.5. The molecule has 1 saturated heterocycles. The number of carbonyl (C=O) groups excluding carboxylic acids is 1. The van der Waals surface area contributed by atoms with Gasteiger partial charge in [0.1, 0.15) is 5.75 Å². The maximum absolute atomic E-state index is 12.9. The van der Waals surface area contributed by atoms with E-state index in [9.17, 15) is 4.79 Å². The van der Waals surface area contributed by atoms with E-state index in [2.05, 4.69) is 31.0 Å². The van der Waals surface area contributed by atoms with Crippen LogP contribution >= 0.6 is 0 Å². The minimum Gasteiger partial charge on any atom is -0.497 e. The average Bonchev–Trinajstić information content (AvgIpc) is 2.68. The zero-order valence-corrected chi connectivity index (χ0v) is 17.5. The summed E-state index contributed by atoms with van der Waals surface area (Å²) in [5.74, 6) is 1.02. The second kappa shape index (κ2) is 8.78. The zero-order valence-electron chi connectivity index (χ0n) is 17.5. The van der Waals surface area contributed by atoms with E-state index < -0.39 is 0 Å². The van der Waals surface area contributed by atoms with Gasteiger partial charge >= 0.3 is 0 Å². The number of nitrogens with one attached hydrogen (secondary N) is 1. The number of carbonyl (C=O) groups is 1. The van der Waals surface area contributed by atoms with Crippen LogP contribution in [-0.2, 0) is 4.79 Å². The van der Waals surface area contributed by atoms with E-state index in [1.165, 1.54) is 0 Å². The first kappa shape index (κ1) is 20.4. The summed E-state index contributed by atoms with van der Waals surface area (Å²) in [4.78, 5) is 15.4. The molecule has 150 valence electrons. The molecular formula is C24H32N2O2. The Labute approximate surface area is 168 Å². The summed E-state index contributed by atoms with van der Waals surface area (Å²) < 4.78 is 5.34. The number of benzene rings is 2. The molecule has 0 radical (unpaired) electrons. The van der Waals surface area contributed by atoms with Gasteiger partial charge in [-0.05, 0) is 55.1 Å². The minimum atomic E-state index is 0.0783. The predicted molar refractivity (Wildman–Crippen MR) is 116 cm³/mol. The van der Waals surface area contributed by atoms with Crippen molar-refractivity contribution >= 4 is 11.6 Å². The third kappa shape index (κ3) is 5.35. The predicted octanol–water partition coefficient (Wildman–Crippen LogP) is 5.06. The molecule has 2 aromatic rings. The van der Waals surface area contributed by atoms with Gasteiger partial charge in [0.15, 0.2) is 0 Å². The molecule has 4 nitrogen and oxygen atoms in total. The van der Waals surface area contributed by atoms with Crippen LogP contribution in [0.1, 0.15) is 33.6 Å². The van der Waals surface area contributed by atoms with Crippen LogP contribution in [0, 0.1) is 11.3 Å². The summed E-state index contributed by atoms with van der Waals surface area (Å²) in [5.41, 5.74) is 3.21. The van der Waals surface area contributed by atoms with Crippen LogP contribution in [0.25, 0.3) is 11.1 Å². The van der Waals surface area contributed by atoms with E-state index in [1.807, 2.05) is 48.5 Å². The summed E-state index contributed by atoms with van der Waals surface area (Å²) in [6, 6.07) is 15.9. The number of rotatable bonds is 5. The third-order valence-electron chi connectivity index (χ3n) is 5.22. The van der Waals surface area contributed by atoms with Crippen molar-refractivity contribution in [3.05, 3.63) is 48.5 Å². The molecule has 1 fully saturated rings. The second-order valence-corrected chi connectivity index (χ2v) is 8.88. The molecule has 0 aliphatic carbocycles. The number of likely N-dealkylation sites (tertiary alicyclic amines) is 1. The monoisotopic (exact) mass is 380 g/mol. The molecule has 1 heterocycles. The van der Waals surface area contributed by atoms with Crippen LogP contribution in [-0.4, -0.2) is 37.6 Å². The topological polar surface area (TPSA) is 41.6 Å². The molecular weight excluding hydrogens is 348 g/mol. The van der Waals surface area contributed by atoms with E-state index in [0.29, 0.717) is 5.41 Å². The Morgan fingerprint density at radius 2 is 1.82 bits per heavy atom. The summed E-state index contributed by atoms with van der Waals surface area (Å²) in [6.45, 7) is 9.86. The Morgan fingerprint density at radius 3 is 2.50 bits per heavy atom. The number of hydrogen-bond donors (Lipinski definition) is 1. The van der Waals surface area contributed by atoms with Crippen molar-refractivity contribution in [3.63, 3.8) is 0 Å². The second-order valence-electron chi connectivity index (χ2n) is 8.88. The molecule has 0 aromatic heterocycles. The molecule has 1 amide bonds. The molecule has 2 aromatic carbocycles. The molecule has 0 atom stereocenters. The standard InChI is InChI=1S/C24H32N2O2/c1-24(2,3)17-26-14-12-18(13-15-26)23(27)25-22-11-6-5-10-21(22)19-8-7-9-20(16-19)28-4/h5-11,16,18H,12-15,17H2,1-4H3,(H,25,27). The largest absolute Gasteiger partial charge is 0.497 e. The van der Waals surface area contributed by atoms with E-state index in [-0.39, 0.29) is 11.8 Å². The van der Waals surface area contributed by atoms with Crippen LogP contribution < -0.4 is 10.1 Å². The first-order valence-corrected chi connectivity index (χ1v) is 10.1. The highest BCUT2D eigenvalue weighted by molar-refractivity contribution is 5.96. The lowest BCUT2D eigenvalue weighted by Crippen LogP contribution is -2.41. The minimum absolute atomic E-state index is 0.0783. The SMILES string of the molecule is COc1cccc(-c2ccccc2NC(=O)C2CCN(CC(C)(C)C)CC2)c1. The normalized spacial score (nSPS) is 16.0. The van der Waals surface area contributed by atoms with Crippen molar-refractivity contribution in [1.29, 1.82) is 0 Å². The van der Waals surface area contributed by atoms with Crippen molar-refractivity contribution < 1.29 is 9.53 Å². The Balaban J connectivity index is 1.67. The fourth-order valence-corrected chi connectivity index (χ4v) is 3.89. The van der Waals surface area contributed by atoms with Crippen molar-refractivity contribution in [2.45, 2.75) is 33.6 Å². The molecule has 0 spiro atoms. The Bertz CT molecular complexity index is 802. The van der Waals surface area contributed by atoms with E-state index in [4.69, 9.17) is 4.74 Å². The average molecular weight is 381 g/mol. The van der Waals surface area contributed by atoms with Crippen molar-refractivity contribution in [3.8, 4) is 16.9 Å². The van der Waals surface area contributed by atoms with Gasteiger partial charge in [-0.15, -0.1) is 0 Å². The third-order valence-corrected chi connectivity index (χ3v) is 5.22. The van der Waals surface area contributed by atoms with Crippen LogP contribution in [0.4, 0.5) is 5.69 Å². The molecule has 0 saturated carbocycles. The number of anilines is 1. The highest BCUT2D eigenvalue weighted by Gasteiger charge is 2.27. The maximum atomic E-state index is 12.9. The maximum Gasteiger partial charge on any atom is 0.227 e. The van der Waals surface area contributed by atoms with Crippen molar-refractivity contribution in [1.82, 2.24) is 4.90 Å². The Hall–Kier alpha value is -2.33. The number of amides is 1. The summed E-state index contributed by atoms with van der Waals surface area (Å²) in [6.07, 6.45) is 1.84. The molecule has 4 heteroatoms. The first-order chi connectivity index (χ1) is 13.4. The van der Waals surface area contributed by atoms with Crippen LogP contribution in [0.2, 0.25) is 0 Å². The summed E-state index contributed by atoms with van der Waals surface area (Å²) >= 11 is 0. The van der Waals surface area contributed by atoms with Gasteiger partial charge in [0, 0.05) is 23.7 Å². The number of piperidine rings is 1. The van der Waals surface area contributed by atoms with Gasteiger partial charge in [-0.3, -0.25) is 4.79 Å². The highest BCUT2D eigenvalue weighted by Crippen LogP contribution is 2.31. The number of ether oxygens (including phenoxy) is 1. The smallest absolute Gasteiger partial charge is 0.227 e. The summed E-state index contributed by atoms with van der Waals surface area (Å²) in [5, 5.41) is 3.18. The van der Waals surface area contributed by atoms with Gasteiger partial charge in [-0.1, -0.05) is 51.1 Å². The van der Waals surface area contributed by atoms with Crippen LogP contribution in [0.15, 0.2) is 48.5 Å². The fourth-order valence-electron chi connectivity index (χ4n) is 3.89. The lowest BCUT2D eigenvalue weighted by Gasteiger charge is -2.35. The Morgan fingerprint density at radius 1 is 1.11 bits per heavy atom. The molecule has 1 aliphatic rings. The van der Waals surface area contributed by atoms with Gasteiger partial charge in [-0.25, -0.2) is 0 Å². The zero-order chi connectivity index (χ0) is 20.1. The lowest BCUT2D eigenvalue weighted by atomic mass is 9.91. The van der Waals surface area contributed by atoms with E-state index in [0.717, 1.165) is 55.0 Å². The Kier molecular flexibility index (Phi) is 6.40. The first-order valence-electron chi connectivity index (χ1n) is 10.1.